The molecule has 4 rings (SSSR count). The quantitative estimate of drug-likeness (QED) is 0.682. The summed E-state index contributed by atoms with van der Waals surface area (Å²) in [4.78, 5) is 43.9. The highest BCUT2D eigenvalue weighted by Gasteiger charge is 2.17. The fourth-order valence-electron chi connectivity index (χ4n) is 3.55. The number of rotatable bonds is 4. The molecule has 156 valence electrons. The summed E-state index contributed by atoms with van der Waals surface area (Å²) in [6, 6.07) is 10.6. The molecule has 0 aliphatic carbocycles. The number of nitrogens with one attached hydrogen (secondary N) is 1. The van der Waals surface area contributed by atoms with Crippen LogP contribution in [0.3, 0.4) is 0 Å². The first kappa shape index (κ1) is 20.0. The molecule has 9 heteroatoms. The summed E-state index contributed by atoms with van der Waals surface area (Å²) in [5.41, 5.74) is 1.07. The summed E-state index contributed by atoms with van der Waals surface area (Å²) in [6.07, 6.45) is 0. The van der Waals surface area contributed by atoms with E-state index in [4.69, 9.17) is 4.74 Å². The summed E-state index contributed by atoms with van der Waals surface area (Å²) in [7, 11) is 2.94. The number of amides is 1. The molecule has 0 spiro atoms. The van der Waals surface area contributed by atoms with E-state index in [-0.39, 0.29) is 16.7 Å². The van der Waals surface area contributed by atoms with Crippen molar-refractivity contribution < 1.29 is 9.53 Å². The van der Waals surface area contributed by atoms with Crippen molar-refractivity contribution in [2.24, 2.45) is 14.1 Å². The van der Waals surface area contributed by atoms with Crippen LogP contribution in [-0.2, 0) is 25.4 Å². The lowest BCUT2D eigenvalue weighted by Gasteiger charge is -2.27. The first-order valence-corrected chi connectivity index (χ1v) is 9.72. The SMILES string of the molecule is Cn1c(=O)c2ccc(C(=O)Nc3ccccc3CN3CCOCC3)nc2n(C)c1=O. The number of benzene rings is 1. The van der Waals surface area contributed by atoms with Crippen molar-refractivity contribution in [2.75, 3.05) is 31.6 Å². The highest BCUT2D eigenvalue weighted by molar-refractivity contribution is 6.04. The average molecular weight is 409 g/mol. The number of pyridine rings is 1. The smallest absolute Gasteiger partial charge is 0.332 e. The zero-order chi connectivity index (χ0) is 21.3. The van der Waals surface area contributed by atoms with Crippen LogP contribution in [0.2, 0.25) is 0 Å². The van der Waals surface area contributed by atoms with Gasteiger partial charge in [-0.3, -0.25) is 23.6 Å². The fraction of sp³-hybridized carbons (Fsp3) is 0.333. The van der Waals surface area contributed by atoms with E-state index in [0.717, 1.165) is 23.2 Å². The van der Waals surface area contributed by atoms with Gasteiger partial charge in [0.05, 0.1) is 18.6 Å². The van der Waals surface area contributed by atoms with Crippen LogP contribution in [0.1, 0.15) is 16.1 Å². The Morgan fingerprint density at radius 3 is 2.57 bits per heavy atom. The second kappa shape index (κ2) is 8.21. The van der Waals surface area contributed by atoms with E-state index >= 15 is 0 Å². The molecule has 0 saturated carbocycles. The zero-order valence-electron chi connectivity index (χ0n) is 16.9. The van der Waals surface area contributed by atoms with E-state index in [2.05, 4.69) is 15.2 Å². The number of nitrogens with zero attached hydrogens (tertiary/aromatic N) is 4. The highest BCUT2D eigenvalue weighted by Crippen LogP contribution is 2.19. The second-order valence-electron chi connectivity index (χ2n) is 7.27. The third kappa shape index (κ3) is 3.77. The molecule has 1 saturated heterocycles. The van der Waals surface area contributed by atoms with Gasteiger partial charge in [-0.15, -0.1) is 0 Å². The van der Waals surface area contributed by atoms with E-state index in [1.807, 2.05) is 24.3 Å². The minimum atomic E-state index is -0.492. The predicted octanol–water partition coefficient (Wildman–Crippen LogP) is 0.717. The lowest BCUT2D eigenvalue weighted by molar-refractivity contribution is 0.0342. The molecule has 2 aromatic heterocycles. The molecule has 0 unspecified atom stereocenters. The topological polar surface area (TPSA) is 98.5 Å². The largest absolute Gasteiger partial charge is 0.379 e. The molecular weight excluding hydrogens is 386 g/mol. The number of carbonyl (C=O) groups excluding carboxylic acids is 1. The number of aryl methyl sites for hydroxylation is 1. The molecule has 1 aliphatic heterocycles. The monoisotopic (exact) mass is 409 g/mol. The Morgan fingerprint density at radius 1 is 1.07 bits per heavy atom. The van der Waals surface area contributed by atoms with E-state index in [1.54, 1.807) is 0 Å². The third-order valence-corrected chi connectivity index (χ3v) is 5.30. The zero-order valence-corrected chi connectivity index (χ0v) is 16.9. The van der Waals surface area contributed by atoms with Crippen LogP contribution in [0.15, 0.2) is 46.0 Å². The Bertz CT molecular complexity index is 1220. The van der Waals surface area contributed by atoms with Gasteiger partial charge in [0.2, 0.25) is 0 Å². The number of hydrogen-bond acceptors (Lipinski definition) is 6. The van der Waals surface area contributed by atoms with Crippen molar-refractivity contribution in [3.63, 3.8) is 0 Å². The maximum absolute atomic E-state index is 12.9. The molecule has 9 nitrogen and oxygen atoms in total. The summed E-state index contributed by atoms with van der Waals surface area (Å²) in [5, 5.41) is 3.19. The van der Waals surface area contributed by atoms with Crippen LogP contribution in [0.4, 0.5) is 5.69 Å². The summed E-state index contributed by atoms with van der Waals surface area (Å²) >= 11 is 0. The second-order valence-corrected chi connectivity index (χ2v) is 7.27. The molecular formula is C21H23N5O4. The molecule has 3 aromatic rings. The lowest BCUT2D eigenvalue weighted by Crippen LogP contribution is -2.37. The van der Waals surface area contributed by atoms with Crippen LogP contribution >= 0.6 is 0 Å². The van der Waals surface area contributed by atoms with Crippen LogP contribution in [0.5, 0.6) is 0 Å². The molecule has 30 heavy (non-hydrogen) atoms. The van der Waals surface area contributed by atoms with Crippen LogP contribution < -0.4 is 16.6 Å². The standard InChI is InChI=1S/C21H23N5O4/c1-24-18-15(20(28)25(2)21(24)29)7-8-17(22-18)19(27)23-16-6-4-3-5-14(16)13-26-9-11-30-12-10-26/h3-8H,9-13H2,1-2H3,(H,23,27). The third-order valence-electron chi connectivity index (χ3n) is 5.30. The summed E-state index contributed by atoms with van der Waals surface area (Å²) in [5.74, 6) is -0.403. The highest BCUT2D eigenvalue weighted by atomic mass is 16.5. The maximum atomic E-state index is 12.9. The molecule has 0 bridgehead atoms. The number of ether oxygens (including phenoxy) is 1. The van der Waals surface area contributed by atoms with Crippen molar-refractivity contribution >= 4 is 22.6 Å². The minimum Gasteiger partial charge on any atom is -0.379 e. The van der Waals surface area contributed by atoms with Crippen molar-refractivity contribution in [1.29, 1.82) is 0 Å². The number of aromatic nitrogens is 3. The molecule has 1 aliphatic rings. The molecule has 0 atom stereocenters. The van der Waals surface area contributed by atoms with Crippen molar-refractivity contribution in [2.45, 2.75) is 6.54 Å². The first-order valence-electron chi connectivity index (χ1n) is 9.72. The van der Waals surface area contributed by atoms with Gasteiger partial charge < -0.3 is 10.1 Å². The minimum absolute atomic E-state index is 0.131. The van der Waals surface area contributed by atoms with E-state index < -0.39 is 17.2 Å². The van der Waals surface area contributed by atoms with Gasteiger partial charge >= 0.3 is 5.69 Å². The molecule has 0 radical (unpaired) electrons. The molecule has 1 fully saturated rings. The van der Waals surface area contributed by atoms with Crippen molar-refractivity contribution in [3.8, 4) is 0 Å². The summed E-state index contributed by atoms with van der Waals surface area (Å²) < 4.78 is 7.67. The van der Waals surface area contributed by atoms with Gasteiger partial charge in [0.15, 0.2) is 0 Å². The van der Waals surface area contributed by atoms with Gasteiger partial charge in [-0.1, -0.05) is 18.2 Å². The van der Waals surface area contributed by atoms with Gasteiger partial charge in [0.1, 0.15) is 11.3 Å². The Balaban J connectivity index is 1.62. The number of fused-ring (bicyclic) bond motifs is 1. The Kier molecular flexibility index (Phi) is 5.47. The lowest BCUT2D eigenvalue weighted by atomic mass is 10.1. The van der Waals surface area contributed by atoms with E-state index in [1.165, 1.54) is 30.8 Å². The Labute approximate surface area is 172 Å². The summed E-state index contributed by atoms with van der Waals surface area (Å²) in [6.45, 7) is 3.80. The van der Waals surface area contributed by atoms with E-state index in [0.29, 0.717) is 25.4 Å². The fourth-order valence-corrected chi connectivity index (χ4v) is 3.55. The normalized spacial score (nSPS) is 14.7. The van der Waals surface area contributed by atoms with Gasteiger partial charge in [-0.25, -0.2) is 9.78 Å². The molecule has 3 heterocycles. The Morgan fingerprint density at radius 2 is 1.80 bits per heavy atom. The number of para-hydroxylation sites is 1. The average Bonchev–Trinajstić information content (AvgIpc) is 2.78. The van der Waals surface area contributed by atoms with Gasteiger partial charge in [0, 0.05) is 39.4 Å². The maximum Gasteiger partial charge on any atom is 0.332 e. The number of anilines is 1. The molecule has 1 N–H and O–H groups in total. The molecule has 1 aromatic carbocycles. The van der Waals surface area contributed by atoms with Gasteiger partial charge in [-0.2, -0.15) is 0 Å². The molecule has 1 amide bonds. The van der Waals surface area contributed by atoms with Crippen LogP contribution in [-0.4, -0.2) is 51.2 Å². The van der Waals surface area contributed by atoms with Crippen LogP contribution in [0, 0.1) is 0 Å². The van der Waals surface area contributed by atoms with Gasteiger partial charge in [-0.05, 0) is 23.8 Å². The first-order chi connectivity index (χ1) is 14.5. The van der Waals surface area contributed by atoms with Gasteiger partial charge in [0.25, 0.3) is 11.5 Å². The Hall–Kier alpha value is -3.30. The van der Waals surface area contributed by atoms with Crippen molar-refractivity contribution in [1.82, 2.24) is 19.0 Å². The van der Waals surface area contributed by atoms with E-state index in [9.17, 15) is 14.4 Å². The van der Waals surface area contributed by atoms with Crippen LogP contribution in [0.25, 0.3) is 11.0 Å². The number of morpholine rings is 1. The van der Waals surface area contributed by atoms with Crippen molar-refractivity contribution in [3.05, 3.63) is 68.5 Å². The number of carbonyl (C=O) groups is 1. The number of hydrogen-bond donors (Lipinski definition) is 1. The predicted molar refractivity (Wildman–Crippen MR) is 113 cm³/mol.